The van der Waals surface area contributed by atoms with E-state index in [0.29, 0.717) is 23.5 Å². The fourth-order valence-corrected chi connectivity index (χ4v) is 3.58. The first-order chi connectivity index (χ1) is 6.16. The van der Waals surface area contributed by atoms with Crippen LogP contribution < -0.4 is 5.32 Å². The van der Waals surface area contributed by atoms with Crippen molar-refractivity contribution in [3.63, 3.8) is 0 Å². The molecule has 0 radical (unpaired) electrons. The first-order valence-corrected chi connectivity index (χ1v) is 6.49. The van der Waals surface area contributed by atoms with Crippen molar-refractivity contribution < 1.29 is 13.2 Å². The molecular weight excluding hydrogens is 190 g/mol. The van der Waals surface area contributed by atoms with Crippen LogP contribution in [0.5, 0.6) is 0 Å². The van der Waals surface area contributed by atoms with Gasteiger partial charge in [0.05, 0.1) is 30.8 Å². The predicted octanol–water partition coefficient (Wildman–Crippen LogP) is -0.590. The van der Waals surface area contributed by atoms with Crippen LogP contribution in [0.3, 0.4) is 0 Å². The normalized spacial score (nSPS) is 33.1. The summed E-state index contributed by atoms with van der Waals surface area (Å²) in [4.78, 5) is 0. The van der Waals surface area contributed by atoms with E-state index in [4.69, 9.17) is 4.74 Å². The van der Waals surface area contributed by atoms with E-state index >= 15 is 0 Å². The summed E-state index contributed by atoms with van der Waals surface area (Å²) >= 11 is 0. The SMILES string of the molecule is O=S1(=O)CCC(CNC2COC2)C1. The maximum Gasteiger partial charge on any atom is 0.150 e. The maximum absolute atomic E-state index is 11.1. The van der Waals surface area contributed by atoms with Crippen molar-refractivity contribution in [3.8, 4) is 0 Å². The Bertz CT molecular complexity index is 271. The summed E-state index contributed by atoms with van der Waals surface area (Å²) < 4.78 is 27.2. The molecule has 0 spiro atoms. The zero-order chi connectivity index (χ0) is 9.31. The summed E-state index contributed by atoms with van der Waals surface area (Å²) in [6, 6.07) is 0.461. The minimum Gasteiger partial charge on any atom is -0.378 e. The van der Waals surface area contributed by atoms with E-state index in [9.17, 15) is 8.42 Å². The number of ether oxygens (including phenoxy) is 1. The van der Waals surface area contributed by atoms with Gasteiger partial charge in [0.15, 0.2) is 9.84 Å². The molecule has 0 bridgehead atoms. The van der Waals surface area contributed by atoms with E-state index in [1.807, 2.05) is 0 Å². The Morgan fingerprint density at radius 2 is 2.15 bits per heavy atom. The molecule has 0 amide bonds. The molecule has 5 heteroatoms. The van der Waals surface area contributed by atoms with E-state index in [1.54, 1.807) is 0 Å². The summed E-state index contributed by atoms with van der Waals surface area (Å²) in [6.45, 7) is 2.38. The lowest BCUT2D eigenvalue weighted by atomic mass is 10.1. The molecule has 2 aliphatic rings. The molecule has 13 heavy (non-hydrogen) atoms. The van der Waals surface area contributed by atoms with Crippen LogP contribution in [0.15, 0.2) is 0 Å². The molecule has 2 heterocycles. The van der Waals surface area contributed by atoms with Crippen molar-refractivity contribution in [3.05, 3.63) is 0 Å². The Balaban J connectivity index is 1.71. The van der Waals surface area contributed by atoms with Gasteiger partial charge in [-0.25, -0.2) is 8.42 Å². The molecular formula is C8H15NO3S. The van der Waals surface area contributed by atoms with Crippen LogP contribution in [0.25, 0.3) is 0 Å². The third kappa shape index (κ3) is 2.42. The molecule has 1 unspecified atom stereocenters. The highest BCUT2D eigenvalue weighted by Gasteiger charge is 2.28. The fraction of sp³-hybridized carbons (Fsp3) is 1.00. The van der Waals surface area contributed by atoms with Gasteiger partial charge in [0, 0.05) is 0 Å². The van der Waals surface area contributed by atoms with Crippen LogP contribution in [-0.2, 0) is 14.6 Å². The summed E-state index contributed by atoms with van der Waals surface area (Å²) in [6.07, 6.45) is 0.822. The topological polar surface area (TPSA) is 55.4 Å². The number of nitrogens with one attached hydrogen (secondary N) is 1. The summed E-state index contributed by atoms with van der Waals surface area (Å²) in [5, 5.41) is 3.31. The van der Waals surface area contributed by atoms with E-state index in [2.05, 4.69) is 5.32 Å². The fourth-order valence-electron chi connectivity index (χ4n) is 1.72. The molecule has 2 rings (SSSR count). The molecule has 2 saturated heterocycles. The van der Waals surface area contributed by atoms with Crippen LogP contribution in [-0.4, -0.2) is 45.7 Å². The third-order valence-electron chi connectivity index (χ3n) is 2.66. The van der Waals surface area contributed by atoms with Gasteiger partial charge in [0.1, 0.15) is 0 Å². The number of sulfone groups is 1. The van der Waals surface area contributed by atoms with Crippen molar-refractivity contribution in [2.24, 2.45) is 5.92 Å². The van der Waals surface area contributed by atoms with Gasteiger partial charge >= 0.3 is 0 Å². The van der Waals surface area contributed by atoms with Crippen molar-refractivity contribution in [1.29, 1.82) is 0 Å². The second kappa shape index (κ2) is 3.55. The predicted molar refractivity (Wildman–Crippen MR) is 49.4 cm³/mol. The molecule has 76 valence electrons. The van der Waals surface area contributed by atoms with Crippen molar-refractivity contribution in [2.75, 3.05) is 31.3 Å². The molecule has 0 aliphatic carbocycles. The molecule has 4 nitrogen and oxygen atoms in total. The minimum absolute atomic E-state index is 0.325. The van der Waals surface area contributed by atoms with E-state index < -0.39 is 9.84 Å². The lowest BCUT2D eigenvalue weighted by Crippen LogP contribution is -2.47. The summed E-state index contributed by atoms with van der Waals surface area (Å²) in [7, 11) is -2.70. The van der Waals surface area contributed by atoms with Crippen LogP contribution in [0.2, 0.25) is 0 Å². The molecule has 1 N–H and O–H groups in total. The Kier molecular flexibility index (Phi) is 2.58. The molecule has 0 aromatic carbocycles. The monoisotopic (exact) mass is 205 g/mol. The smallest absolute Gasteiger partial charge is 0.150 e. The van der Waals surface area contributed by atoms with Crippen LogP contribution in [0.4, 0.5) is 0 Å². The lowest BCUT2D eigenvalue weighted by molar-refractivity contribution is -0.00610. The Morgan fingerprint density at radius 1 is 1.38 bits per heavy atom. The Labute approximate surface area is 78.6 Å². The average molecular weight is 205 g/mol. The average Bonchev–Trinajstić information content (AvgIpc) is 2.27. The molecule has 0 saturated carbocycles. The maximum atomic E-state index is 11.1. The van der Waals surface area contributed by atoms with E-state index in [0.717, 1.165) is 26.2 Å². The Morgan fingerprint density at radius 3 is 2.62 bits per heavy atom. The minimum atomic E-state index is -2.70. The van der Waals surface area contributed by atoms with Crippen LogP contribution >= 0.6 is 0 Å². The van der Waals surface area contributed by atoms with Crippen molar-refractivity contribution in [2.45, 2.75) is 12.5 Å². The van der Waals surface area contributed by atoms with Gasteiger partial charge in [0.2, 0.25) is 0 Å². The van der Waals surface area contributed by atoms with Crippen molar-refractivity contribution in [1.82, 2.24) is 5.32 Å². The highest BCUT2D eigenvalue weighted by atomic mass is 32.2. The second-order valence-corrected chi connectivity index (χ2v) is 6.14. The van der Waals surface area contributed by atoms with E-state index in [-0.39, 0.29) is 0 Å². The zero-order valence-corrected chi connectivity index (χ0v) is 8.35. The first kappa shape index (κ1) is 9.43. The number of hydrogen-bond donors (Lipinski definition) is 1. The van der Waals surface area contributed by atoms with Gasteiger partial charge in [-0.1, -0.05) is 0 Å². The second-order valence-electron chi connectivity index (χ2n) is 3.91. The highest BCUT2D eigenvalue weighted by Crippen LogP contribution is 2.17. The number of rotatable bonds is 3. The quantitative estimate of drug-likeness (QED) is 0.669. The van der Waals surface area contributed by atoms with E-state index in [1.165, 1.54) is 0 Å². The van der Waals surface area contributed by atoms with Gasteiger partial charge in [-0.3, -0.25) is 0 Å². The van der Waals surface area contributed by atoms with Crippen molar-refractivity contribution >= 4 is 9.84 Å². The standard InChI is InChI=1S/C8H15NO3S/c10-13(11)2-1-7(6-13)3-9-8-4-12-5-8/h7-9H,1-6H2. The van der Waals surface area contributed by atoms with Gasteiger partial charge < -0.3 is 10.1 Å². The van der Waals surface area contributed by atoms with Crippen LogP contribution in [0, 0.1) is 5.92 Å². The highest BCUT2D eigenvalue weighted by molar-refractivity contribution is 7.91. The van der Waals surface area contributed by atoms with Gasteiger partial charge in [-0.05, 0) is 18.9 Å². The molecule has 2 fully saturated rings. The van der Waals surface area contributed by atoms with Crippen LogP contribution in [0.1, 0.15) is 6.42 Å². The first-order valence-electron chi connectivity index (χ1n) is 4.67. The summed E-state index contributed by atoms with van der Waals surface area (Å²) in [5.74, 6) is 1.07. The Hall–Kier alpha value is -0.130. The zero-order valence-electron chi connectivity index (χ0n) is 7.53. The molecule has 0 aromatic heterocycles. The molecule has 0 aromatic rings. The van der Waals surface area contributed by atoms with Gasteiger partial charge in [-0.15, -0.1) is 0 Å². The van der Waals surface area contributed by atoms with Gasteiger partial charge in [0.25, 0.3) is 0 Å². The van der Waals surface area contributed by atoms with Gasteiger partial charge in [-0.2, -0.15) is 0 Å². The molecule has 2 aliphatic heterocycles. The molecule has 1 atom stereocenters. The summed E-state index contributed by atoms with van der Waals surface area (Å²) in [5.41, 5.74) is 0. The lowest BCUT2D eigenvalue weighted by Gasteiger charge is -2.28. The third-order valence-corrected chi connectivity index (χ3v) is 4.50. The largest absolute Gasteiger partial charge is 0.378 e. The number of hydrogen-bond acceptors (Lipinski definition) is 4.